The molecule has 4 nitrogen and oxygen atoms in total. The number of nitrogens with two attached hydrogens (primary N) is 1. The maximum Gasteiger partial charge on any atom is 0.416 e. The van der Waals surface area contributed by atoms with Gasteiger partial charge in [-0.3, -0.25) is 4.79 Å². The van der Waals surface area contributed by atoms with Crippen LogP contribution in [-0.4, -0.2) is 25.3 Å². The summed E-state index contributed by atoms with van der Waals surface area (Å²) in [5, 5.41) is 0. The molecule has 1 atom stereocenters. The molecule has 1 aromatic rings. The highest BCUT2D eigenvalue weighted by atomic mass is 19.4. The number of aryl methyl sites for hydroxylation is 1. The van der Waals surface area contributed by atoms with Crippen LogP contribution >= 0.6 is 0 Å². The summed E-state index contributed by atoms with van der Waals surface area (Å²) in [5.41, 5.74) is 6.77. The van der Waals surface area contributed by atoms with Crippen molar-refractivity contribution in [1.29, 1.82) is 0 Å². The third-order valence-corrected chi connectivity index (χ3v) is 4.91. The lowest BCUT2D eigenvalue weighted by atomic mass is 9.88. The summed E-state index contributed by atoms with van der Waals surface area (Å²) in [7, 11) is 1.35. The largest absolute Gasteiger partial charge is 0.469 e. The van der Waals surface area contributed by atoms with Crippen LogP contribution in [0.3, 0.4) is 0 Å². The van der Waals surface area contributed by atoms with Gasteiger partial charge in [-0.05, 0) is 55.9 Å². The molecule has 7 heteroatoms. The molecule has 0 amide bonds. The first kappa shape index (κ1) is 19.6. The lowest BCUT2D eigenvalue weighted by Crippen LogP contribution is -2.58. The van der Waals surface area contributed by atoms with Gasteiger partial charge in [0.1, 0.15) is 0 Å². The van der Waals surface area contributed by atoms with Gasteiger partial charge in [-0.2, -0.15) is 13.2 Å². The minimum atomic E-state index is -4.34. The molecular formula is C18H25F3N2O2. The summed E-state index contributed by atoms with van der Waals surface area (Å²) in [6.07, 6.45) is -0.814. The van der Waals surface area contributed by atoms with Crippen LogP contribution in [0.1, 0.15) is 50.2 Å². The minimum Gasteiger partial charge on any atom is -0.469 e. The summed E-state index contributed by atoms with van der Waals surface area (Å²) in [6.45, 7) is 2.58. The molecule has 1 aliphatic heterocycles. The van der Waals surface area contributed by atoms with Crippen LogP contribution in [0.5, 0.6) is 0 Å². The number of benzene rings is 1. The van der Waals surface area contributed by atoms with Gasteiger partial charge in [0.15, 0.2) is 0 Å². The fourth-order valence-corrected chi connectivity index (χ4v) is 3.30. The average molecular weight is 358 g/mol. The maximum absolute atomic E-state index is 12.9. The minimum absolute atomic E-state index is 0.261. The molecule has 2 N–H and O–H groups in total. The second kappa shape index (κ2) is 7.64. The Morgan fingerprint density at radius 3 is 2.68 bits per heavy atom. The second-order valence-electron chi connectivity index (χ2n) is 6.48. The molecular weight excluding hydrogens is 333 g/mol. The van der Waals surface area contributed by atoms with E-state index in [1.54, 1.807) is 0 Å². The van der Waals surface area contributed by atoms with Crippen molar-refractivity contribution >= 4 is 11.7 Å². The number of esters is 1. The zero-order chi connectivity index (χ0) is 18.7. The summed E-state index contributed by atoms with van der Waals surface area (Å²) in [6, 6.07) is 3.86. The van der Waals surface area contributed by atoms with Crippen molar-refractivity contribution in [3.63, 3.8) is 0 Å². The van der Waals surface area contributed by atoms with Gasteiger partial charge in [-0.15, -0.1) is 0 Å². The number of halogens is 3. The van der Waals surface area contributed by atoms with Crippen LogP contribution in [0, 0.1) is 0 Å². The fourth-order valence-electron chi connectivity index (χ4n) is 3.30. The Morgan fingerprint density at radius 2 is 2.08 bits per heavy atom. The highest BCUT2D eigenvalue weighted by Crippen LogP contribution is 2.39. The van der Waals surface area contributed by atoms with Gasteiger partial charge in [0, 0.05) is 18.7 Å². The summed E-state index contributed by atoms with van der Waals surface area (Å²) in [5.74, 6) is -0.261. The molecule has 1 unspecified atom stereocenters. The molecule has 0 aliphatic carbocycles. The molecule has 140 valence electrons. The quantitative estimate of drug-likeness (QED) is 0.620. The molecule has 0 saturated heterocycles. The Hall–Kier alpha value is -1.76. The molecule has 0 aromatic heterocycles. The molecule has 1 aliphatic rings. The Kier molecular flexibility index (Phi) is 5.98. The number of nitrogens with zero attached hydrogens (tertiary/aromatic N) is 1. The van der Waals surface area contributed by atoms with E-state index in [0.717, 1.165) is 11.8 Å². The number of rotatable bonds is 6. The highest BCUT2D eigenvalue weighted by molar-refractivity contribution is 5.69. The zero-order valence-corrected chi connectivity index (χ0v) is 14.7. The first-order chi connectivity index (χ1) is 11.7. The number of carbonyl (C=O) groups excluding carboxylic acids is 1. The van der Waals surface area contributed by atoms with Gasteiger partial charge in [-0.25, -0.2) is 0 Å². The first-order valence-electron chi connectivity index (χ1n) is 8.54. The zero-order valence-electron chi connectivity index (χ0n) is 14.7. The number of alkyl halides is 3. The van der Waals surface area contributed by atoms with Gasteiger partial charge >= 0.3 is 12.1 Å². The van der Waals surface area contributed by atoms with Crippen molar-refractivity contribution in [3.05, 3.63) is 29.3 Å². The van der Waals surface area contributed by atoms with E-state index in [4.69, 9.17) is 5.73 Å². The standard InChI is InChI=1S/C18H25F3N2O2/c1-3-17(22)10-9-13-12-14(18(19,20)21)7-8-15(13)23(17)11-5-4-6-16(24)25-2/h7-8,12H,3-6,9-11,22H2,1-2H3. The normalized spacial score (nSPS) is 20.3. The van der Waals surface area contributed by atoms with Gasteiger partial charge in [-0.1, -0.05) is 6.92 Å². The summed E-state index contributed by atoms with van der Waals surface area (Å²) < 4.78 is 43.5. The molecule has 0 saturated carbocycles. The molecule has 0 bridgehead atoms. The Labute approximate surface area is 146 Å². The van der Waals surface area contributed by atoms with E-state index < -0.39 is 17.4 Å². The van der Waals surface area contributed by atoms with Crippen molar-refractivity contribution < 1.29 is 22.7 Å². The van der Waals surface area contributed by atoms with Crippen molar-refractivity contribution in [3.8, 4) is 0 Å². The topological polar surface area (TPSA) is 55.6 Å². The molecule has 2 rings (SSSR count). The van der Waals surface area contributed by atoms with Gasteiger partial charge in [0.2, 0.25) is 0 Å². The fraction of sp³-hybridized carbons (Fsp3) is 0.611. The van der Waals surface area contributed by atoms with Gasteiger partial charge in [0.05, 0.1) is 18.3 Å². The molecule has 1 heterocycles. The number of anilines is 1. The summed E-state index contributed by atoms with van der Waals surface area (Å²) in [4.78, 5) is 13.2. The molecule has 0 spiro atoms. The first-order valence-corrected chi connectivity index (χ1v) is 8.54. The lowest BCUT2D eigenvalue weighted by molar-refractivity contribution is -0.140. The van der Waals surface area contributed by atoms with E-state index in [2.05, 4.69) is 4.74 Å². The predicted octanol–water partition coefficient (Wildman–Crippen LogP) is 3.87. The van der Waals surface area contributed by atoms with Crippen LogP contribution in [0.2, 0.25) is 0 Å². The van der Waals surface area contributed by atoms with Crippen LogP contribution in [-0.2, 0) is 22.1 Å². The average Bonchev–Trinajstić information content (AvgIpc) is 2.58. The molecule has 1 aromatic carbocycles. The maximum atomic E-state index is 12.9. The predicted molar refractivity (Wildman–Crippen MR) is 90.2 cm³/mol. The number of methoxy groups -OCH3 is 1. The number of unbranched alkanes of at least 4 members (excludes halogenated alkanes) is 1. The van der Waals surface area contributed by atoms with E-state index in [0.29, 0.717) is 50.6 Å². The smallest absolute Gasteiger partial charge is 0.416 e. The molecule has 0 radical (unpaired) electrons. The van der Waals surface area contributed by atoms with Crippen molar-refractivity contribution in [2.24, 2.45) is 5.73 Å². The van der Waals surface area contributed by atoms with E-state index in [9.17, 15) is 18.0 Å². The number of hydrogen-bond donors (Lipinski definition) is 1. The van der Waals surface area contributed by atoms with Crippen molar-refractivity contribution in [2.75, 3.05) is 18.6 Å². The van der Waals surface area contributed by atoms with E-state index >= 15 is 0 Å². The molecule has 25 heavy (non-hydrogen) atoms. The number of fused-ring (bicyclic) bond motifs is 1. The number of ether oxygens (including phenoxy) is 1. The Morgan fingerprint density at radius 1 is 1.36 bits per heavy atom. The van der Waals surface area contributed by atoms with E-state index in [1.807, 2.05) is 11.8 Å². The summed E-state index contributed by atoms with van der Waals surface area (Å²) >= 11 is 0. The Bertz CT molecular complexity index is 619. The van der Waals surface area contributed by atoms with Gasteiger partial charge in [0.25, 0.3) is 0 Å². The van der Waals surface area contributed by atoms with E-state index in [1.165, 1.54) is 19.2 Å². The number of hydrogen-bond acceptors (Lipinski definition) is 4. The lowest BCUT2D eigenvalue weighted by Gasteiger charge is -2.47. The second-order valence-corrected chi connectivity index (χ2v) is 6.48. The monoisotopic (exact) mass is 358 g/mol. The third kappa shape index (κ3) is 4.45. The third-order valence-electron chi connectivity index (χ3n) is 4.91. The van der Waals surface area contributed by atoms with Crippen LogP contribution < -0.4 is 10.6 Å². The van der Waals surface area contributed by atoms with E-state index in [-0.39, 0.29) is 5.97 Å². The highest BCUT2D eigenvalue weighted by Gasteiger charge is 2.37. The van der Waals surface area contributed by atoms with Crippen molar-refractivity contribution in [1.82, 2.24) is 0 Å². The van der Waals surface area contributed by atoms with Crippen LogP contribution in [0.25, 0.3) is 0 Å². The van der Waals surface area contributed by atoms with Crippen LogP contribution in [0.4, 0.5) is 18.9 Å². The van der Waals surface area contributed by atoms with Crippen molar-refractivity contribution in [2.45, 2.75) is 57.3 Å². The SMILES string of the molecule is CCC1(N)CCc2cc(C(F)(F)F)ccc2N1CCCCC(=O)OC. The van der Waals surface area contributed by atoms with Gasteiger partial charge < -0.3 is 15.4 Å². The van der Waals surface area contributed by atoms with Crippen LogP contribution in [0.15, 0.2) is 18.2 Å². The molecule has 0 fully saturated rings. The Balaban J connectivity index is 2.19. The number of carbonyl (C=O) groups is 1.